The number of nitrogens with zero attached hydrogens (tertiary/aromatic N) is 1. The number of rotatable bonds is 3. The van der Waals surface area contributed by atoms with Gasteiger partial charge in [0, 0.05) is 6.04 Å². The average Bonchev–Trinajstić information content (AvgIpc) is 2.67. The Morgan fingerprint density at radius 2 is 1.59 bits per heavy atom. The first-order valence-electron chi connectivity index (χ1n) is 6.76. The van der Waals surface area contributed by atoms with Crippen LogP contribution in [0.1, 0.15) is 44.3 Å². The molecule has 94 valence electrons. The van der Waals surface area contributed by atoms with Gasteiger partial charge < -0.3 is 5.11 Å². The summed E-state index contributed by atoms with van der Waals surface area (Å²) in [5, 5.41) is 10.4. The van der Waals surface area contributed by atoms with Crippen molar-refractivity contribution in [3.8, 4) is 0 Å². The van der Waals surface area contributed by atoms with Gasteiger partial charge in [-0.05, 0) is 38.4 Å². The van der Waals surface area contributed by atoms with Crippen LogP contribution in [0.3, 0.4) is 0 Å². The second-order valence-corrected chi connectivity index (χ2v) is 5.05. The maximum absolute atomic E-state index is 10.4. The summed E-state index contributed by atoms with van der Waals surface area (Å²) in [5.74, 6) is 0. The normalized spacial score (nSPS) is 21.8. The van der Waals surface area contributed by atoms with Gasteiger partial charge in [0.2, 0.25) is 0 Å². The Hall–Kier alpha value is -0.860. The lowest BCUT2D eigenvalue weighted by molar-refractivity contribution is 0.0598. The predicted molar refractivity (Wildman–Crippen MR) is 70.9 cm³/mol. The first kappa shape index (κ1) is 12.6. The van der Waals surface area contributed by atoms with E-state index < -0.39 is 0 Å². The van der Waals surface area contributed by atoms with E-state index in [1.54, 1.807) is 0 Å². The number of benzene rings is 1. The molecule has 0 bridgehead atoms. The molecule has 1 aliphatic heterocycles. The molecule has 2 unspecified atom stereocenters. The van der Waals surface area contributed by atoms with E-state index in [1.165, 1.54) is 25.7 Å². The zero-order chi connectivity index (χ0) is 12.1. The summed E-state index contributed by atoms with van der Waals surface area (Å²) in [6.07, 6.45) is 4.85. The van der Waals surface area contributed by atoms with E-state index in [2.05, 4.69) is 11.8 Å². The predicted octanol–water partition coefficient (Wildman–Crippen LogP) is 2.98. The van der Waals surface area contributed by atoms with Crippen LogP contribution in [-0.4, -0.2) is 29.1 Å². The van der Waals surface area contributed by atoms with Gasteiger partial charge in [-0.1, -0.05) is 43.2 Å². The highest BCUT2D eigenvalue weighted by Gasteiger charge is 2.23. The van der Waals surface area contributed by atoms with Crippen molar-refractivity contribution < 1.29 is 5.11 Å². The fourth-order valence-corrected chi connectivity index (χ4v) is 2.63. The Morgan fingerprint density at radius 1 is 1.00 bits per heavy atom. The Labute approximate surface area is 104 Å². The average molecular weight is 233 g/mol. The molecular formula is C15H23NO. The zero-order valence-corrected chi connectivity index (χ0v) is 10.7. The van der Waals surface area contributed by atoms with Crippen LogP contribution in [-0.2, 0) is 0 Å². The van der Waals surface area contributed by atoms with Gasteiger partial charge in [0.1, 0.15) is 0 Å². The summed E-state index contributed by atoms with van der Waals surface area (Å²) in [4.78, 5) is 2.44. The quantitative estimate of drug-likeness (QED) is 0.867. The first-order valence-corrected chi connectivity index (χ1v) is 6.76. The van der Waals surface area contributed by atoms with Crippen molar-refractivity contribution in [3.63, 3.8) is 0 Å². The van der Waals surface area contributed by atoms with E-state index in [9.17, 15) is 5.11 Å². The summed E-state index contributed by atoms with van der Waals surface area (Å²) < 4.78 is 0. The van der Waals surface area contributed by atoms with Crippen molar-refractivity contribution in [3.05, 3.63) is 35.9 Å². The van der Waals surface area contributed by atoms with E-state index >= 15 is 0 Å². The standard InChI is InChI=1S/C15H23NO/c1-13(16-11-7-2-3-8-12-16)15(17)14-9-5-4-6-10-14/h4-6,9-10,13,15,17H,2-3,7-8,11-12H2,1H3. The van der Waals surface area contributed by atoms with Crippen LogP contribution in [0, 0.1) is 0 Å². The topological polar surface area (TPSA) is 23.5 Å². The molecule has 2 atom stereocenters. The highest BCUT2D eigenvalue weighted by molar-refractivity contribution is 5.18. The summed E-state index contributed by atoms with van der Waals surface area (Å²) in [6, 6.07) is 10.2. The lowest BCUT2D eigenvalue weighted by atomic mass is 10.0. The molecule has 1 N–H and O–H groups in total. The molecular weight excluding hydrogens is 210 g/mol. The lowest BCUT2D eigenvalue weighted by Crippen LogP contribution is -2.38. The molecule has 1 saturated heterocycles. The molecule has 1 aromatic carbocycles. The third kappa shape index (κ3) is 3.30. The van der Waals surface area contributed by atoms with Gasteiger partial charge in [0.15, 0.2) is 0 Å². The molecule has 2 heteroatoms. The summed E-state index contributed by atoms with van der Waals surface area (Å²) >= 11 is 0. The Bertz CT molecular complexity index is 317. The molecule has 1 fully saturated rings. The molecule has 0 radical (unpaired) electrons. The minimum Gasteiger partial charge on any atom is -0.387 e. The van der Waals surface area contributed by atoms with Crippen LogP contribution in [0.5, 0.6) is 0 Å². The van der Waals surface area contributed by atoms with Crippen molar-refractivity contribution in [2.45, 2.75) is 44.8 Å². The Morgan fingerprint density at radius 3 is 2.18 bits per heavy atom. The van der Waals surface area contributed by atoms with E-state index in [0.29, 0.717) is 0 Å². The van der Waals surface area contributed by atoms with Crippen molar-refractivity contribution in [2.75, 3.05) is 13.1 Å². The van der Waals surface area contributed by atoms with Crippen LogP contribution in [0.15, 0.2) is 30.3 Å². The van der Waals surface area contributed by atoms with E-state index in [4.69, 9.17) is 0 Å². The Balaban J connectivity index is 2.00. The van der Waals surface area contributed by atoms with Gasteiger partial charge >= 0.3 is 0 Å². The van der Waals surface area contributed by atoms with Crippen LogP contribution in [0.25, 0.3) is 0 Å². The van der Waals surface area contributed by atoms with E-state index in [-0.39, 0.29) is 12.1 Å². The summed E-state index contributed by atoms with van der Waals surface area (Å²) in [5.41, 5.74) is 1.03. The van der Waals surface area contributed by atoms with Gasteiger partial charge in [-0.25, -0.2) is 0 Å². The summed E-state index contributed by atoms with van der Waals surface area (Å²) in [7, 11) is 0. The van der Waals surface area contributed by atoms with Crippen LogP contribution in [0.2, 0.25) is 0 Å². The monoisotopic (exact) mass is 233 g/mol. The number of hydrogen-bond acceptors (Lipinski definition) is 2. The van der Waals surface area contributed by atoms with Crippen LogP contribution < -0.4 is 0 Å². The number of aliphatic hydroxyl groups is 1. The second kappa shape index (κ2) is 6.18. The van der Waals surface area contributed by atoms with Crippen molar-refractivity contribution >= 4 is 0 Å². The van der Waals surface area contributed by atoms with Crippen LogP contribution >= 0.6 is 0 Å². The van der Waals surface area contributed by atoms with Gasteiger partial charge in [-0.2, -0.15) is 0 Å². The van der Waals surface area contributed by atoms with Gasteiger partial charge in [0.05, 0.1) is 6.10 Å². The molecule has 1 heterocycles. The van der Waals surface area contributed by atoms with Crippen molar-refractivity contribution in [2.24, 2.45) is 0 Å². The van der Waals surface area contributed by atoms with Gasteiger partial charge in [-0.15, -0.1) is 0 Å². The molecule has 0 spiro atoms. The molecule has 2 rings (SSSR count). The number of aliphatic hydroxyl groups excluding tert-OH is 1. The smallest absolute Gasteiger partial charge is 0.0942 e. The van der Waals surface area contributed by atoms with Crippen molar-refractivity contribution in [1.29, 1.82) is 0 Å². The first-order chi connectivity index (χ1) is 8.29. The maximum atomic E-state index is 10.4. The van der Waals surface area contributed by atoms with E-state index in [1.807, 2.05) is 30.3 Å². The zero-order valence-electron chi connectivity index (χ0n) is 10.7. The third-order valence-electron chi connectivity index (χ3n) is 3.81. The highest BCUT2D eigenvalue weighted by atomic mass is 16.3. The molecule has 1 aromatic rings. The lowest BCUT2D eigenvalue weighted by Gasteiger charge is -2.31. The molecule has 0 saturated carbocycles. The maximum Gasteiger partial charge on any atom is 0.0942 e. The number of likely N-dealkylation sites (tertiary alicyclic amines) is 1. The SMILES string of the molecule is CC(C(O)c1ccccc1)N1CCCCCC1. The highest BCUT2D eigenvalue weighted by Crippen LogP contribution is 2.23. The Kier molecular flexibility index (Phi) is 4.57. The van der Waals surface area contributed by atoms with E-state index in [0.717, 1.165) is 18.7 Å². The van der Waals surface area contributed by atoms with Crippen LogP contribution in [0.4, 0.5) is 0 Å². The van der Waals surface area contributed by atoms with Gasteiger partial charge in [-0.3, -0.25) is 4.90 Å². The summed E-state index contributed by atoms with van der Waals surface area (Å²) in [6.45, 7) is 4.40. The molecule has 17 heavy (non-hydrogen) atoms. The fraction of sp³-hybridized carbons (Fsp3) is 0.600. The molecule has 0 aliphatic carbocycles. The fourth-order valence-electron chi connectivity index (χ4n) is 2.63. The molecule has 2 nitrogen and oxygen atoms in total. The second-order valence-electron chi connectivity index (χ2n) is 5.05. The van der Waals surface area contributed by atoms with Gasteiger partial charge in [0.25, 0.3) is 0 Å². The largest absolute Gasteiger partial charge is 0.387 e. The molecule has 1 aliphatic rings. The third-order valence-corrected chi connectivity index (χ3v) is 3.81. The van der Waals surface area contributed by atoms with Crippen molar-refractivity contribution in [1.82, 2.24) is 4.90 Å². The minimum atomic E-state index is -0.366. The number of hydrogen-bond donors (Lipinski definition) is 1. The minimum absolute atomic E-state index is 0.218. The molecule has 0 amide bonds. The molecule has 0 aromatic heterocycles.